The molecule has 0 unspecified atom stereocenters. The Balaban J connectivity index is 1.74. The van der Waals surface area contributed by atoms with Gasteiger partial charge in [0.05, 0.1) is 6.42 Å². The Morgan fingerprint density at radius 3 is 2.81 bits per heavy atom. The van der Waals surface area contributed by atoms with Crippen molar-refractivity contribution in [3.63, 3.8) is 0 Å². The van der Waals surface area contributed by atoms with Crippen molar-refractivity contribution in [1.82, 2.24) is 10.2 Å². The highest BCUT2D eigenvalue weighted by atomic mass is 16.4. The number of hydrogen-bond donors (Lipinski definition) is 3. The van der Waals surface area contributed by atoms with Gasteiger partial charge < -0.3 is 20.6 Å². The number of urea groups is 1. The molecule has 1 fully saturated rings. The molecule has 0 spiro atoms. The number of carboxylic acids is 1. The number of carbonyl (C=O) groups is 2. The van der Waals surface area contributed by atoms with E-state index in [2.05, 4.69) is 22.6 Å². The molecular weight excluding hydrogens is 270 g/mol. The zero-order valence-electron chi connectivity index (χ0n) is 12.1. The van der Waals surface area contributed by atoms with E-state index < -0.39 is 5.97 Å². The van der Waals surface area contributed by atoms with Crippen LogP contribution in [0.1, 0.15) is 18.4 Å². The predicted molar refractivity (Wildman–Crippen MR) is 80.5 cm³/mol. The zero-order chi connectivity index (χ0) is 15.2. The third-order valence-corrected chi connectivity index (χ3v) is 3.46. The molecule has 1 aliphatic carbocycles. The lowest BCUT2D eigenvalue weighted by molar-refractivity contribution is -0.136. The quantitative estimate of drug-likeness (QED) is 0.711. The Morgan fingerprint density at radius 1 is 1.38 bits per heavy atom. The van der Waals surface area contributed by atoms with Gasteiger partial charge in [0.2, 0.25) is 0 Å². The Morgan fingerprint density at radius 2 is 2.14 bits per heavy atom. The maximum Gasteiger partial charge on any atom is 0.319 e. The Bertz CT molecular complexity index is 515. The molecule has 0 heterocycles. The minimum Gasteiger partial charge on any atom is -0.481 e. The van der Waals surface area contributed by atoms with E-state index in [9.17, 15) is 9.59 Å². The third kappa shape index (κ3) is 5.43. The minimum atomic E-state index is -0.889. The topological polar surface area (TPSA) is 81.7 Å². The lowest BCUT2D eigenvalue weighted by atomic mass is 10.1. The molecule has 0 radical (unpaired) electrons. The summed E-state index contributed by atoms with van der Waals surface area (Å²) in [5, 5.41) is 14.3. The summed E-state index contributed by atoms with van der Waals surface area (Å²) in [6.45, 7) is 1.42. The van der Waals surface area contributed by atoms with Gasteiger partial charge >= 0.3 is 12.0 Å². The zero-order valence-corrected chi connectivity index (χ0v) is 12.1. The van der Waals surface area contributed by atoms with Gasteiger partial charge in [-0.1, -0.05) is 12.1 Å². The molecule has 1 aromatic carbocycles. The van der Waals surface area contributed by atoms with Crippen LogP contribution in [0.15, 0.2) is 24.3 Å². The van der Waals surface area contributed by atoms with E-state index in [-0.39, 0.29) is 12.5 Å². The summed E-state index contributed by atoms with van der Waals surface area (Å²) in [6, 6.07) is 7.27. The lowest BCUT2D eigenvalue weighted by Crippen LogP contribution is -2.36. The molecule has 21 heavy (non-hydrogen) atoms. The monoisotopic (exact) mass is 291 g/mol. The van der Waals surface area contributed by atoms with E-state index in [1.54, 1.807) is 24.3 Å². The van der Waals surface area contributed by atoms with Crippen LogP contribution in [0.4, 0.5) is 10.5 Å². The number of carbonyl (C=O) groups excluding carboxylic acids is 1. The molecule has 6 nitrogen and oxygen atoms in total. The number of nitrogens with one attached hydrogen (secondary N) is 2. The first-order valence-corrected chi connectivity index (χ1v) is 7.10. The van der Waals surface area contributed by atoms with Crippen LogP contribution in [-0.4, -0.2) is 48.2 Å². The Kier molecular flexibility index (Phi) is 5.16. The lowest BCUT2D eigenvalue weighted by Gasteiger charge is -2.16. The number of carboxylic acid groups (broad SMARTS) is 1. The largest absolute Gasteiger partial charge is 0.481 e. The Hall–Kier alpha value is -2.08. The number of anilines is 1. The van der Waals surface area contributed by atoms with Gasteiger partial charge in [-0.3, -0.25) is 4.79 Å². The van der Waals surface area contributed by atoms with Crippen LogP contribution in [0.2, 0.25) is 0 Å². The summed E-state index contributed by atoms with van der Waals surface area (Å²) in [7, 11) is 2.06. The van der Waals surface area contributed by atoms with Crippen LogP contribution >= 0.6 is 0 Å². The van der Waals surface area contributed by atoms with Crippen molar-refractivity contribution in [2.24, 2.45) is 0 Å². The molecular formula is C15H21N3O3. The van der Waals surface area contributed by atoms with E-state index in [1.165, 1.54) is 12.8 Å². The van der Waals surface area contributed by atoms with Crippen LogP contribution in [0.5, 0.6) is 0 Å². The second-order valence-corrected chi connectivity index (χ2v) is 5.36. The van der Waals surface area contributed by atoms with Crippen molar-refractivity contribution in [2.45, 2.75) is 25.3 Å². The fraction of sp³-hybridized carbons (Fsp3) is 0.467. The standard InChI is InChI=1S/C15H21N3O3/c1-18(13-5-6-13)8-7-16-15(21)17-12-4-2-3-11(9-12)10-14(19)20/h2-4,9,13H,5-8,10H2,1H3,(H,19,20)(H2,16,17,21). The molecule has 3 N–H and O–H groups in total. The maximum absolute atomic E-state index is 11.8. The van der Waals surface area contributed by atoms with Crippen molar-refractivity contribution in [2.75, 3.05) is 25.5 Å². The highest BCUT2D eigenvalue weighted by Crippen LogP contribution is 2.24. The molecule has 0 atom stereocenters. The van der Waals surface area contributed by atoms with E-state index in [1.807, 2.05) is 0 Å². The number of rotatable bonds is 7. The van der Waals surface area contributed by atoms with E-state index in [4.69, 9.17) is 5.11 Å². The first kappa shape index (κ1) is 15.3. The average molecular weight is 291 g/mol. The first-order chi connectivity index (χ1) is 10.0. The van der Waals surface area contributed by atoms with Crippen LogP contribution in [0, 0.1) is 0 Å². The molecule has 0 aliphatic heterocycles. The fourth-order valence-corrected chi connectivity index (χ4v) is 2.15. The van der Waals surface area contributed by atoms with Crippen LogP contribution in [0.3, 0.4) is 0 Å². The molecule has 1 aliphatic rings. The van der Waals surface area contributed by atoms with Crippen molar-refractivity contribution in [3.05, 3.63) is 29.8 Å². The highest BCUT2D eigenvalue weighted by Gasteiger charge is 2.25. The molecule has 114 valence electrons. The van der Waals surface area contributed by atoms with Gasteiger partial charge in [0, 0.05) is 24.8 Å². The number of likely N-dealkylation sites (N-methyl/N-ethyl adjacent to an activating group) is 1. The van der Waals surface area contributed by atoms with Gasteiger partial charge in [-0.25, -0.2) is 4.79 Å². The summed E-state index contributed by atoms with van der Waals surface area (Å²) < 4.78 is 0. The molecule has 1 aromatic rings. The highest BCUT2D eigenvalue weighted by molar-refractivity contribution is 5.89. The van der Waals surface area contributed by atoms with Crippen LogP contribution in [0.25, 0.3) is 0 Å². The minimum absolute atomic E-state index is 0.0523. The van der Waals surface area contributed by atoms with E-state index in [0.29, 0.717) is 23.8 Å². The summed E-state index contributed by atoms with van der Waals surface area (Å²) >= 11 is 0. The van der Waals surface area contributed by atoms with Crippen LogP contribution in [-0.2, 0) is 11.2 Å². The second kappa shape index (κ2) is 7.08. The van der Waals surface area contributed by atoms with Gasteiger partial charge in [-0.05, 0) is 37.6 Å². The second-order valence-electron chi connectivity index (χ2n) is 5.36. The number of nitrogens with zero attached hydrogens (tertiary/aromatic N) is 1. The molecule has 6 heteroatoms. The molecule has 2 rings (SSSR count). The number of amides is 2. The first-order valence-electron chi connectivity index (χ1n) is 7.10. The summed E-state index contributed by atoms with van der Waals surface area (Å²) in [5.41, 5.74) is 1.26. The normalized spacial score (nSPS) is 14.0. The number of hydrogen-bond acceptors (Lipinski definition) is 3. The van der Waals surface area contributed by atoms with E-state index >= 15 is 0 Å². The predicted octanol–water partition coefficient (Wildman–Crippen LogP) is 1.53. The summed E-state index contributed by atoms with van der Waals surface area (Å²) in [4.78, 5) is 24.7. The van der Waals surface area contributed by atoms with Gasteiger partial charge in [-0.2, -0.15) is 0 Å². The van der Waals surface area contributed by atoms with E-state index in [0.717, 1.165) is 6.54 Å². The maximum atomic E-state index is 11.8. The van der Waals surface area contributed by atoms with Gasteiger partial charge in [0.1, 0.15) is 0 Å². The third-order valence-electron chi connectivity index (χ3n) is 3.46. The van der Waals surface area contributed by atoms with Crippen molar-refractivity contribution >= 4 is 17.7 Å². The smallest absolute Gasteiger partial charge is 0.319 e. The molecule has 0 aromatic heterocycles. The fourth-order valence-electron chi connectivity index (χ4n) is 2.15. The average Bonchev–Trinajstić information content (AvgIpc) is 3.22. The van der Waals surface area contributed by atoms with Crippen LogP contribution < -0.4 is 10.6 Å². The number of aliphatic carboxylic acids is 1. The molecule has 0 saturated heterocycles. The summed E-state index contributed by atoms with van der Waals surface area (Å²) in [5.74, 6) is -0.889. The summed E-state index contributed by atoms with van der Waals surface area (Å²) in [6.07, 6.45) is 2.45. The molecule has 0 bridgehead atoms. The van der Waals surface area contributed by atoms with Gasteiger partial charge in [-0.15, -0.1) is 0 Å². The molecule has 2 amide bonds. The van der Waals surface area contributed by atoms with Crippen molar-refractivity contribution < 1.29 is 14.7 Å². The Labute approximate surface area is 124 Å². The SMILES string of the molecule is CN(CCNC(=O)Nc1cccc(CC(=O)O)c1)C1CC1. The van der Waals surface area contributed by atoms with Gasteiger partial charge in [0.15, 0.2) is 0 Å². The molecule has 1 saturated carbocycles. The van der Waals surface area contributed by atoms with Crippen molar-refractivity contribution in [1.29, 1.82) is 0 Å². The van der Waals surface area contributed by atoms with Crippen molar-refractivity contribution in [3.8, 4) is 0 Å². The number of benzene rings is 1. The van der Waals surface area contributed by atoms with Gasteiger partial charge in [0.25, 0.3) is 0 Å².